The third-order valence-corrected chi connectivity index (χ3v) is 7.18. The van der Waals surface area contributed by atoms with Crippen molar-refractivity contribution in [3.05, 3.63) is 70.4 Å². The standard InChI is InChI=1S/C26H26N2O3/c1-16-24(20-9-5-6-10-21(20)27(16)2)25-18-7-3-4-8-19(18)26(29)28(25)14-17-11-12-22-23(13-17)31-15-30-22/h5-6,9-13,25H,3-4,7-8,14-15H2,1-2H3. The van der Waals surface area contributed by atoms with E-state index in [0.29, 0.717) is 6.54 Å². The van der Waals surface area contributed by atoms with Crippen LogP contribution >= 0.6 is 0 Å². The first kappa shape index (κ1) is 18.6. The first-order valence-electron chi connectivity index (χ1n) is 11.1. The van der Waals surface area contributed by atoms with Crippen molar-refractivity contribution in [2.24, 2.45) is 7.05 Å². The number of nitrogens with zero attached hydrogens (tertiary/aromatic N) is 2. The van der Waals surface area contributed by atoms with Gasteiger partial charge >= 0.3 is 0 Å². The fourth-order valence-electron chi connectivity index (χ4n) is 5.58. The molecule has 2 aliphatic heterocycles. The molecule has 1 atom stereocenters. The largest absolute Gasteiger partial charge is 0.454 e. The number of ether oxygens (including phenoxy) is 2. The second-order valence-electron chi connectivity index (χ2n) is 8.81. The van der Waals surface area contributed by atoms with Crippen LogP contribution in [0.25, 0.3) is 10.9 Å². The van der Waals surface area contributed by atoms with Crippen LogP contribution < -0.4 is 9.47 Å². The molecule has 5 heteroatoms. The first-order chi connectivity index (χ1) is 15.1. The molecule has 1 amide bonds. The summed E-state index contributed by atoms with van der Waals surface area (Å²) in [6, 6.07) is 14.6. The summed E-state index contributed by atoms with van der Waals surface area (Å²) in [6.07, 6.45) is 4.16. The van der Waals surface area contributed by atoms with Gasteiger partial charge in [-0.1, -0.05) is 24.3 Å². The summed E-state index contributed by atoms with van der Waals surface area (Å²) in [5, 5.41) is 1.25. The Morgan fingerprint density at radius 3 is 2.74 bits per heavy atom. The van der Waals surface area contributed by atoms with E-state index < -0.39 is 0 Å². The monoisotopic (exact) mass is 414 g/mol. The van der Waals surface area contributed by atoms with Gasteiger partial charge in [-0.3, -0.25) is 4.79 Å². The second kappa shape index (κ2) is 6.91. The van der Waals surface area contributed by atoms with E-state index in [0.717, 1.165) is 48.3 Å². The summed E-state index contributed by atoms with van der Waals surface area (Å²) < 4.78 is 13.3. The Morgan fingerprint density at radius 2 is 1.84 bits per heavy atom. The van der Waals surface area contributed by atoms with Gasteiger partial charge in [0, 0.05) is 41.3 Å². The van der Waals surface area contributed by atoms with E-state index >= 15 is 0 Å². The van der Waals surface area contributed by atoms with Crippen molar-refractivity contribution in [3.8, 4) is 11.5 Å². The van der Waals surface area contributed by atoms with Gasteiger partial charge in [0.25, 0.3) is 5.91 Å². The molecule has 0 saturated heterocycles. The van der Waals surface area contributed by atoms with Crippen molar-refractivity contribution in [2.75, 3.05) is 6.79 Å². The number of aromatic nitrogens is 1. The topological polar surface area (TPSA) is 43.7 Å². The summed E-state index contributed by atoms with van der Waals surface area (Å²) in [5.41, 5.74) is 7.17. The van der Waals surface area contributed by atoms with E-state index in [4.69, 9.17) is 9.47 Å². The molecule has 3 heterocycles. The number of carbonyl (C=O) groups is 1. The third-order valence-electron chi connectivity index (χ3n) is 7.18. The molecule has 6 rings (SSSR count). The lowest BCUT2D eigenvalue weighted by Gasteiger charge is -2.28. The number of aryl methyl sites for hydroxylation is 1. The minimum absolute atomic E-state index is 0.000627. The molecular formula is C26H26N2O3. The summed E-state index contributed by atoms with van der Waals surface area (Å²) in [4.78, 5) is 15.7. The molecule has 0 saturated carbocycles. The summed E-state index contributed by atoms with van der Waals surface area (Å²) in [5.74, 6) is 1.74. The number of benzene rings is 2. The highest BCUT2D eigenvalue weighted by molar-refractivity contribution is 5.99. The van der Waals surface area contributed by atoms with Crippen LogP contribution in [0, 0.1) is 6.92 Å². The summed E-state index contributed by atoms with van der Waals surface area (Å²) in [7, 11) is 2.12. The molecular weight excluding hydrogens is 388 g/mol. The van der Waals surface area contributed by atoms with Gasteiger partial charge < -0.3 is 18.9 Å². The molecule has 5 nitrogen and oxygen atoms in total. The number of carbonyl (C=O) groups excluding carboxylic acids is 1. The fourth-order valence-corrected chi connectivity index (χ4v) is 5.58. The van der Waals surface area contributed by atoms with E-state index in [9.17, 15) is 4.79 Å². The minimum atomic E-state index is -0.000627. The van der Waals surface area contributed by atoms with Crippen molar-refractivity contribution in [1.82, 2.24) is 9.47 Å². The van der Waals surface area contributed by atoms with Crippen LogP contribution in [0.4, 0.5) is 0 Å². The molecule has 1 aliphatic carbocycles. The lowest BCUT2D eigenvalue weighted by molar-refractivity contribution is -0.127. The van der Waals surface area contributed by atoms with Crippen molar-refractivity contribution in [1.29, 1.82) is 0 Å². The van der Waals surface area contributed by atoms with Crippen LogP contribution in [0.2, 0.25) is 0 Å². The number of fused-ring (bicyclic) bond motifs is 2. The summed E-state index contributed by atoms with van der Waals surface area (Å²) in [6.45, 7) is 3.00. The van der Waals surface area contributed by atoms with Crippen molar-refractivity contribution < 1.29 is 14.3 Å². The smallest absolute Gasteiger partial charge is 0.250 e. The van der Waals surface area contributed by atoms with Crippen molar-refractivity contribution >= 4 is 16.8 Å². The van der Waals surface area contributed by atoms with E-state index in [1.807, 2.05) is 18.2 Å². The Labute approximate surface area is 181 Å². The number of hydrogen-bond acceptors (Lipinski definition) is 3. The van der Waals surface area contributed by atoms with Crippen LogP contribution in [0.5, 0.6) is 11.5 Å². The van der Waals surface area contributed by atoms with Crippen LogP contribution in [-0.2, 0) is 18.4 Å². The predicted molar refractivity (Wildman–Crippen MR) is 119 cm³/mol. The number of hydrogen-bond donors (Lipinski definition) is 0. The molecule has 3 aromatic rings. The van der Waals surface area contributed by atoms with E-state index in [1.54, 1.807) is 0 Å². The Morgan fingerprint density at radius 1 is 1.03 bits per heavy atom. The van der Waals surface area contributed by atoms with Gasteiger partial charge in [-0.05, 0) is 61.9 Å². The molecule has 158 valence electrons. The normalized spacial score (nSPS) is 20.1. The maximum Gasteiger partial charge on any atom is 0.250 e. The third kappa shape index (κ3) is 2.72. The lowest BCUT2D eigenvalue weighted by atomic mass is 9.86. The molecule has 1 aromatic heterocycles. The molecule has 0 bridgehead atoms. The average Bonchev–Trinajstić information content (AvgIpc) is 3.44. The minimum Gasteiger partial charge on any atom is -0.454 e. The van der Waals surface area contributed by atoms with Crippen molar-refractivity contribution in [2.45, 2.75) is 45.2 Å². The fraction of sp³-hybridized carbons (Fsp3) is 0.346. The lowest BCUT2D eigenvalue weighted by Crippen LogP contribution is -2.30. The van der Waals surface area contributed by atoms with Crippen molar-refractivity contribution in [3.63, 3.8) is 0 Å². The molecule has 0 spiro atoms. The van der Waals surface area contributed by atoms with Crippen LogP contribution in [0.15, 0.2) is 53.6 Å². The molecule has 1 unspecified atom stereocenters. The van der Waals surface area contributed by atoms with Gasteiger partial charge in [-0.25, -0.2) is 0 Å². The number of para-hydroxylation sites is 1. The molecule has 0 N–H and O–H groups in total. The van der Waals surface area contributed by atoms with Crippen LogP contribution in [0.1, 0.15) is 48.5 Å². The zero-order valence-electron chi connectivity index (χ0n) is 18.0. The van der Waals surface area contributed by atoms with E-state index in [-0.39, 0.29) is 18.7 Å². The zero-order valence-corrected chi connectivity index (χ0v) is 18.0. The summed E-state index contributed by atoms with van der Waals surface area (Å²) >= 11 is 0. The predicted octanol–water partition coefficient (Wildman–Crippen LogP) is 5.17. The quantitative estimate of drug-likeness (QED) is 0.594. The molecule has 0 fully saturated rings. The average molecular weight is 415 g/mol. The second-order valence-corrected chi connectivity index (χ2v) is 8.81. The Hall–Kier alpha value is -3.21. The highest BCUT2D eigenvalue weighted by Crippen LogP contribution is 2.48. The van der Waals surface area contributed by atoms with Gasteiger partial charge in [0.05, 0.1) is 6.04 Å². The Bertz CT molecular complexity index is 1250. The zero-order chi connectivity index (χ0) is 21.1. The molecule has 3 aliphatic rings. The highest BCUT2D eigenvalue weighted by Gasteiger charge is 2.42. The SMILES string of the molecule is Cc1c(C2C3=C(CCCC3)C(=O)N2Cc2ccc3c(c2)OCO3)c2ccccc2n1C. The van der Waals surface area contributed by atoms with Gasteiger partial charge in [-0.15, -0.1) is 0 Å². The van der Waals surface area contributed by atoms with Gasteiger partial charge in [0.2, 0.25) is 6.79 Å². The van der Waals surface area contributed by atoms with Gasteiger partial charge in [0.15, 0.2) is 11.5 Å². The maximum atomic E-state index is 13.6. The Kier molecular flexibility index (Phi) is 4.13. The van der Waals surface area contributed by atoms with E-state index in [2.05, 4.69) is 47.7 Å². The van der Waals surface area contributed by atoms with E-state index in [1.165, 1.54) is 27.7 Å². The van der Waals surface area contributed by atoms with Gasteiger partial charge in [-0.2, -0.15) is 0 Å². The number of rotatable bonds is 3. The molecule has 0 radical (unpaired) electrons. The van der Waals surface area contributed by atoms with Crippen LogP contribution in [-0.4, -0.2) is 22.2 Å². The number of amides is 1. The van der Waals surface area contributed by atoms with Gasteiger partial charge in [0.1, 0.15) is 0 Å². The highest BCUT2D eigenvalue weighted by atomic mass is 16.7. The molecule has 31 heavy (non-hydrogen) atoms. The van der Waals surface area contributed by atoms with Crippen LogP contribution in [0.3, 0.4) is 0 Å². The Balaban J connectivity index is 1.48. The molecule has 2 aromatic carbocycles. The maximum absolute atomic E-state index is 13.6. The first-order valence-corrected chi connectivity index (χ1v) is 11.1.